The summed E-state index contributed by atoms with van der Waals surface area (Å²) in [4.78, 5) is 5.68. The van der Waals surface area contributed by atoms with Crippen molar-refractivity contribution in [2.75, 3.05) is 5.32 Å². The maximum atomic E-state index is 5.81. The number of hydrogen-bond acceptors (Lipinski definition) is 4. The number of nitrogens with one attached hydrogen (secondary N) is 1. The Hall–Kier alpha value is -1.82. The lowest BCUT2D eigenvalue weighted by atomic mass is 10.1. The third-order valence-electron chi connectivity index (χ3n) is 2.74. The molecule has 0 aliphatic heterocycles. The first-order valence-corrected chi connectivity index (χ1v) is 7.23. The van der Waals surface area contributed by atoms with Crippen LogP contribution in [-0.2, 0) is 0 Å². The highest BCUT2D eigenvalue weighted by Gasteiger charge is 2.15. The fourth-order valence-corrected chi connectivity index (χ4v) is 2.74. The molecule has 3 aromatic rings. The van der Waals surface area contributed by atoms with E-state index in [-0.39, 0.29) is 5.54 Å². The van der Waals surface area contributed by atoms with Gasteiger partial charge in [0.15, 0.2) is 5.65 Å². The Bertz CT molecular complexity index is 754. The smallest absolute Gasteiger partial charge is 0.158 e. The molecular weight excluding hydrogens is 267 g/mol. The van der Waals surface area contributed by atoms with Crippen LogP contribution in [0.25, 0.3) is 16.2 Å². The summed E-state index contributed by atoms with van der Waals surface area (Å²) >= 11 is 1.54. The van der Waals surface area contributed by atoms with Crippen molar-refractivity contribution in [3.05, 3.63) is 30.5 Å². The van der Waals surface area contributed by atoms with Crippen LogP contribution < -0.4 is 10.1 Å². The fourth-order valence-electron chi connectivity index (χ4n) is 2.00. The molecule has 0 amide bonds. The van der Waals surface area contributed by atoms with Gasteiger partial charge in [-0.1, -0.05) is 6.07 Å². The van der Waals surface area contributed by atoms with Crippen molar-refractivity contribution in [1.29, 1.82) is 0 Å². The molecule has 0 aromatic carbocycles. The van der Waals surface area contributed by atoms with Crippen LogP contribution >= 0.6 is 11.3 Å². The van der Waals surface area contributed by atoms with E-state index < -0.39 is 0 Å². The Labute approximate surface area is 123 Å². The second-order valence-electron chi connectivity index (χ2n) is 5.70. The van der Waals surface area contributed by atoms with Crippen LogP contribution in [0.1, 0.15) is 20.8 Å². The van der Waals surface area contributed by atoms with Gasteiger partial charge in [0, 0.05) is 17.7 Å². The maximum absolute atomic E-state index is 5.81. The molecule has 0 fully saturated rings. The second-order valence-corrected chi connectivity index (χ2v) is 6.82. The van der Waals surface area contributed by atoms with Gasteiger partial charge < -0.3 is 5.32 Å². The summed E-state index contributed by atoms with van der Waals surface area (Å²) in [5.74, 6) is 0.925. The molecule has 3 aromatic heterocycles. The van der Waals surface area contributed by atoms with E-state index in [1.807, 2.05) is 28.8 Å². The second kappa shape index (κ2) is 4.63. The minimum absolute atomic E-state index is 0.0496. The largest absolute Gasteiger partial charge is 0.365 e. The Morgan fingerprint density at radius 2 is 2.05 bits per heavy atom. The molecule has 4 nitrogen and oxygen atoms in total. The van der Waals surface area contributed by atoms with Gasteiger partial charge in [-0.2, -0.15) is 21.0 Å². The molecule has 100 valence electrons. The Kier molecular flexibility index (Phi) is 3.05. The summed E-state index contributed by atoms with van der Waals surface area (Å²) in [6.07, 6.45) is 1.75. The number of fused-ring (bicyclic) bond motifs is 1. The van der Waals surface area contributed by atoms with Gasteiger partial charge in [0.05, 0.1) is 16.8 Å². The first-order valence-electron chi connectivity index (χ1n) is 6.41. The van der Waals surface area contributed by atoms with Crippen LogP contribution in [0.15, 0.2) is 30.5 Å². The SMILES string of the molecule is [B]c1ccc(-c2cc(NC(C)(C)C)n3nccc3n2)s1. The molecule has 20 heavy (non-hydrogen) atoms. The lowest BCUT2D eigenvalue weighted by molar-refractivity contribution is 0.625. The zero-order valence-electron chi connectivity index (χ0n) is 11.7. The summed E-state index contributed by atoms with van der Waals surface area (Å²) < 4.78 is 2.60. The van der Waals surface area contributed by atoms with E-state index in [1.165, 1.54) is 11.3 Å². The minimum atomic E-state index is -0.0496. The number of aromatic nitrogens is 3. The van der Waals surface area contributed by atoms with E-state index in [1.54, 1.807) is 6.20 Å². The summed E-state index contributed by atoms with van der Waals surface area (Å²) in [6, 6.07) is 7.81. The number of rotatable bonds is 2. The van der Waals surface area contributed by atoms with Gasteiger partial charge in [-0.05, 0) is 31.6 Å². The molecule has 3 heterocycles. The zero-order valence-corrected chi connectivity index (χ0v) is 12.5. The summed E-state index contributed by atoms with van der Waals surface area (Å²) in [6.45, 7) is 6.35. The Balaban J connectivity index is 2.15. The normalized spacial score (nSPS) is 11.9. The van der Waals surface area contributed by atoms with Gasteiger partial charge in [-0.15, -0.1) is 0 Å². The molecule has 1 N–H and O–H groups in total. The topological polar surface area (TPSA) is 42.2 Å². The molecule has 0 saturated carbocycles. The lowest BCUT2D eigenvalue weighted by Gasteiger charge is -2.22. The van der Waals surface area contributed by atoms with E-state index in [0.717, 1.165) is 26.8 Å². The van der Waals surface area contributed by atoms with Gasteiger partial charge >= 0.3 is 0 Å². The number of hydrogen-bond donors (Lipinski definition) is 1. The van der Waals surface area contributed by atoms with Crippen molar-refractivity contribution in [3.8, 4) is 10.6 Å². The molecule has 6 heteroatoms. The van der Waals surface area contributed by atoms with Crippen molar-refractivity contribution < 1.29 is 0 Å². The van der Waals surface area contributed by atoms with Crippen LogP contribution in [0.3, 0.4) is 0 Å². The van der Waals surface area contributed by atoms with Crippen LogP contribution in [0.2, 0.25) is 0 Å². The van der Waals surface area contributed by atoms with Crippen molar-refractivity contribution in [2.24, 2.45) is 0 Å². The molecule has 0 aliphatic carbocycles. The van der Waals surface area contributed by atoms with Gasteiger partial charge in [-0.3, -0.25) is 0 Å². The van der Waals surface area contributed by atoms with E-state index in [9.17, 15) is 0 Å². The zero-order chi connectivity index (χ0) is 14.3. The molecule has 3 rings (SSSR count). The first kappa shape index (κ1) is 13.2. The van der Waals surface area contributed by atoms with E-state index in [2.05, 4.69) is 36.2 Å². The van der Waals surface area contributed by atoms with Gasteiger partial charge in [-0.25, -0.2) is 4.98 Å². The average Bonchev–Trinajstić information content (AvgIpc) is 2.95. The van der Waals surface area contributed by atoms with Gasteiger partial charge in [0.2, 0.25) is 0 Å². The first-order chi connectivity index (χ1) is 9.42. The number of thiophene rings is 1. The summed E-state index contributed by atoms with van der Waals surface area (Å²) in [5, 5.41) is 7.77. The van der Waals surface area contributed by atoms with Crippen LogP contribution in [0.4, 0.5) is 5.82 Å². The number of nitrogens with zero attached hydrogens (tertiary/aromatic N) is 3. The minimum Gasteiger partial charge on any atom is -0.365 e. The number of anilines is 1. The predicted octanol–water partition coefficient (Wildman–Crippen LogP) is 2.46. The molecular formula is C14H15BN4S. The van der Waals surface area contributed by atoms with Crippen LogP contribution in [0, 0.1) is 0 Å². The van der Waals surface area contributed by atoms with Crippen molar-refractivity contribution in [2.45, 2.75) is 26.3 Å². The van der Waals surface area contributed by atoms with E-state index >= 15 is 0 Å². The molecule has 0 saturated heterocycles. The van der Waals surface area contributed by atoms with E-state index in [4.69, 9.17) is 7.85 Å². The van der Waals surface area contributed by atoms with Gasteiger partial charge in [0.1, 0.15) is 13.7 Å². The van der Waals surface area contributed by atoms with Crippen molar-refractivity contribution in [1.82, 2.24) is 14.6 Å². The Morgan fingerprint density at radius 1 is 1.25 bits per heavy atom. The average molecular weight is 282 g/mol. The molecule has 0 aliphatic rings. The standard InChI is InChI=1S/C14H15BN4S/c1-14(2,3)18-13-8-9(10-4-5-11(15)20-10)17-12-6-7-16-19(12)13/h4-8,18H,1-3H3. The lowest BCUT2D eigenvalue weighted by Crippen LogP contribution is -2.27. The van der Waals surface area contributed by atoms with Gasteiger partial charge in [0.25, 0.3) is 0 Å². The highest BCUT2D eigenvalue weighted by atomic mass is 32.1. The molecule has 2 radical (unpaired) electrons. The maximum Gasteiger partial charge on any atom is 0.158 e. The molecule has 0 atom stereocenters. The van der Waals surface area contributed by atoms with E-state index in [0.29, 0.717) is 0 Å². The third-order valence-corrected chi connectivity index (χ3v) is 3.68. The predicted molar refractivity (Wildman–Crippen MR) is 85.1 cm³/mol. The Morgan fingerprint density at radius 3 is 2.70 bits per heavy atom. The summed E-state index contributed by atoms with van der Waals surface area (Å²) in [7, 11) is 5.81. The van der Waals surface area contributed by atoms with Crippen molar-refractivity contribution in [3.63, 3.8) is 0 Å². The molecule has 0 unspecified atom stereocenters. The fraction of sp³-hybridized carbons (Fsp3) is 0.286. The molecule has 0 bridgehead atoms. The third kappa shape index (κ3) is 2.56. The molecule has 0 spiro atoms. The quantitative estimate of drug-likeness (QED) is 0.734. The highest BCUT2D eigenvalue weighted by molar-refractivity contribution is 7.23. The monoisotopic (exact) mass is 282 g/mol. The van der Waals surface area contributed by atoms with Crippen molar-refractivity contribution >= 4 is 35.4 Å². The van der Waals surface area contributed by atoms with Crippen LogP contribution in [-0.4, -0.2) is 28.0 Å². The van der Waals surface area contributed by atoms with Crippen LogP contribution in [0.5, 0.6) is 0 Å². The highest BCUT2D eigenvalue weighted by Crippen LogP contribution is 2.26. The summed E-state index contributed by atoms with van der Waals surface area (Å²) in [5.41, 5.74) is 1.68.